The highest BCUT2D eigenvalue weighted by Gasteiger charge is 2.30. The fraction of sp³-hybridized carbons (Fsp3) is 0.538. The second-order valence-corrected chi connectivity index (χ2v) is 11.2. The zero-order valence-electron chi connectivity index (χ0n) is 11.1. The molecule has 0 saturated carbocycles. The highest BCUT2D eigenvalue weighted by molar-refractivity contribution is 6.76. The standard InChI is InChI=1S/C13H20F3NSi/c1-18(2,3)10-17-8-7-11-5-4-6-12(9-11)13(14,15)16/h4-6,9,17H,7-8,10H2,1-3H3. The summed E-state index contributed by atoms with van der Waals surface area (Å²) in [5.74, 6) is 0. The molecular weight excluding hydrogens is 255 g/mol. The molecule has 0 unspecified atom stereocenters. The van der Waals surface area contributed by atoms with Crippen LogP contribution in [0.2, 0.25) is 19.6 Å². The third-order valence-electron chi connectivity index (χ3n) is 2.50. The molecule has 0 radical (unpaired) electrons. The molecular formula is C13H20F3NSi. The van der Waals surface area contributed by atoms with E-state index in [-0.39, 0.29) is 0 Å². The van der Waals surface area contributed by atoms with E-state index in [1.54, 1.807) is 6.07 Å². The first kappa shape index (κ1) is 15.2. The SMILES string of the molecule is C[Si](C)(C)CNCCc1cccc(C(F)(F)F)c1. The van der Waals surface area contributed by atoms with Crippen LogP contribution in [-0.2, 0) is 12.6 Å². The fourth-order valence-electron chi connectivity index (χ4n) is 1.60. The Morgan fingerprint density at radius 2 is 1.83 bits per heavy atom. The van der Waals surface area contributed by atoms with Crippen molar-refractivity contribution in [3.8, 4) is 0 Å². The topological polar surface area (TPSA) is 12.0 Å². The van der Waals surface area contributed by atoms with E-state index in [0.717, 1.165) is 24.3 Å². The van der Waals surface area contributed by atoms with Crippen molar-refractivity contribution in [1.29, 1.82) is 0 Å². The summed E-state index contributed by atoms with van der Waals surface area (Å²) in [6, 6.07) is 5.55. The largest absolute Gasteiger partial charge is 0.416 e. The fourth-order valence-corrected chi connectivity index (χ4v) is 2.53. The maximum Gasteiger partial charge on any atom is 0.416 e. The van der Waals surface area contributed by atoms with Gasteiger partial charge in [0.1, 0.15) is 0 Å². The Bertz CT molecular complexity index is 383. The van der Waals surface area contributed by atoms with Gasteiger partial charge in [-0.15, -0.1) is 0 Å². The minimum absolute atomic E-state index is 0.565. The summed E-state index contributed by atoms with van der Waals surface area (Å²) in [6.07, 6.45) is -2.62. The number of alkyl halides is 3. The van der Waals surface area contributed by atoms with Gasteiger partial charge >= 0.3 is 6.18 Å². The van der Waals surface area contributed by atoms with E-state index in [0.29, 0.717) is 6.42 Å². The van der Waals surface area contributed by atoms with Crippen molar-refractivity contribution < 1.29 is 13.2 Å². The van der Waals surface area contributed by atoms with Crippen LogP contribution < -0.4 is 5.32 Å². The van der Waals surface area contributed by atoms with Crippen LogP contribution in [-0.4, -0.2) is 20.8 Å². The van der Waals surface area contributed by atoms with Crippen LogP contribution >= 0.6 is 0 Å². The summed E-state index contributed by atoms with van der Waals surface area (Å²) in [5, 5.41) is 3.31. The Morgan fingerprint density at radius 3 is 2.39 bits per heavy atom. The second-order valence-electron chi connectivity index (χ2n) is 5.69. The van der Waals surface area contributed by atoms with Gasteiger partial charge < -0.3 is 5.32 Å². The predicted molar refractivity (Wildman–Crippen MR) is 71.4 cm³/mol. The molecule has 0 amide bonds. The molecule has 5 heteroatoms. The van der Waals surface area contributed by atoms with E-state index >= 15 is 0 Å². The lowest BCUT2D eigenvalue weighted by Crippen LogP contribution is -2.37. The Labute approximate surface area is 107 Å². The maximum atomic E-state index is 12.5. The van der Waals surface area contributed by atoms with Crippen molar-refractivity contribution in [3.63, 3.8) is 0 Å². The summed E-state index contributed by atoms with van der Waals surface area (Å²) < 4.78 is 37.5. The monoisotopic (exact) mass is 275 g/mol. The number of halogens is 3. The van der Waals surface area contributed by atoms with E-state index in [1.807, 2.05) is 0 Å². The minimum Gasteiger partial charge on any atom is -0.319 e. The van der Waals surface area contributed by atoms with Crippen LogP contribution in [0.5, 0.6) is 0 Å². The minimum atomic E-state index is -4.25. The molecule has 0 aromatic heterocycles. The summed E-state index contributed by atoms with van der Waals surface area (Å²) in [5.41, 5.74) is 0.165. The summed E-state index contributed by atoms with van der Waals surface area (Å²) in [4.78, 5) is 0. The number of benzene rings is 1. The van der Waals surface area contributed by atoms with Crippen molar-refractivity contribution in [3.05, 3.63) is 35.4 Å². The molecule has 102 valence electrons. The molecule has 18 heavy (non-hydrogen) atoms. The predicted octanol–water partition coefficient (Wildman–Crippen LogP) is 3.71. The van der Waals surface area contributed by atoms with Gasteiger partial charge in [0.2, 0.25) is 0 Å². The molecule has 0 bridgehead atoms. The van der Waals surface area contributed by atoms with Gasteiger partial charge in [-0.25, -0.2) is 0 Å². The van der Waals surface area contributed by atoms with Gasteiger partial charge in [0.25, 0.3) is 0 Å². The lowest BCUT2D eigenvalue weighted by Gasteiger charge is -2.16. The lowest BCUT2D eigenvalue weighted by molar-refractivity contribution is -0.137. The van der Waals surface area contributed by atoms with Gasteiger partial charge in [-0.2, -0.15) is 13.2 Å². The lowest BCUT2D eigenvalue weighted by atomic mass is 10.1. The Kier molecular flexibility index (Phi) is 4.98. The zero-order chi connectivity index (χ0) is 13.8. The normalized spacial score (nSPS) is 12.8. The molecule has 0 heterocycles. The highest BCUT2D eigenvalue weighted by atomic mass is 28.3. The molecule has 0 aliphatic heterocycles. The molecule has 0 atom stereocenters. The van der Waals surface area contributed by atoms with Crippen LogP contribution in [0.15, 0.2) is 24.3 Å². The molecule has 1 rings (SSSR count). The van der Waals surface area contributed by atoms with Gasteiger partial charge in [-0.05, 0) is 30.8 Å². The number of hydrogen-bond acceptors (Lipinski definition) is 1. The third-order valence-corrected chi connectivity index (χ3v) is 3.81. The Hall–Kier alpha value is -0.813. The van der Waals surface area contributed by atoms with Crippen LogP contribution in [0, 0.1) is 0 Å². The summed E-state index contributed by atoms with van der Waals surface area (Å²) >= 11 is 0. The van der Waals surface area contributed by atoms with Crippen molar-refractivity contribution in [2.24, 2.45) is 0 Å². The first-order chi connectivity index (χ1) is 8.18. The van der Waals surface area contributed by atoms with Crippen molar-refractivity contribution in [2.45, 2.75) is 32.2 Å². The van der Waals surface area contributed by atoms with Gasteiger partial charge in [0, 0.05) is 0 Å². The third kappa shape index (κ3) is 5.69. The average Bonchev–Trinajstić information content (AvgIpc) is 2.22. The highest BCUT2D eigenvalue weighted by Crippen LogP contribution is 2.29. The van der Waals surface area contributed by atoms with E-state index in [1.165, 1.54) is 12.1 Å². The molecule has 0 aliphatic carbocycles. The second kappa shape index (κ2) is 5.89. The van der Waals surface area contributed by atoms with Gasteiger partial charge in [0.05, 0.1) is 13.6 Å². The van der Waals surface area contributed by atoms with Gasteiger partial charge in [-0.1, -0.05) is 37.8 Å². The van der Waals surface area contributed by atoms with E-state index in [4.69, 9.17) is 0 Å². The number of nitrogens with one attached hydrogen (secondary N) is 1. The Balaban J connectivity index is 2.49. The molecule has 1 nitrogen and oxygen atoms in total. The first-order valence-electron chi connectivity index (χ1n) is 6.05. The molecule has 0 saturated heterocycles. The molecule has 0 aliphatic rings. The van der Waals surface area contributed by atoms with Crippen LogP contribution in [0.3, 0.4) is 0 Å². The van der Waals surface area contributed by atoms with E-state index in [9.17, 15) is 13.2 Å². The first-order valence-corrected chi connectivity index (χ1v) is 9.76. The molecule has 1 aromatic carbocycles. The number of rotatable bonds is 5. The van der Waals surface area contributed by atoms with Crippen LogP contribution in [0.1, 0.15) is 11.1 Å². The van der Waals surface area contributed by atoms with Crippen molar-refractivity contribution in [2.75, 3.05) is 12.7 Å². The molecule has 0 fully saturated rings. The summed E-state index contributed by atoms with van der Waals surface area (Å²) in [6.45, 7) is 7.49. The molecule has 1 aromatic rings. The quantitative estimate of drug-likeness (QED) is 0.638. The number of hydrogen-bond donors (Lipinski definition) is 1. The van der Waals surface area contributed by atoms with Crippen LogP contribution in [0.25, 0.3) is 0 Å². The van der Waals surface area contributed by atoms with E-state index < -0.39 is 19.8 Å². The molecule has 0 spiro atoms. The van der Waals surface area contributed by atoms with Crippen molar-refractivity contribution >= 4 is 8.07 Å². The zero-order valence-corrected chi connectivity index (χ0v) is 12.1. The Morgan fingerprint density at radius 1 is 1.17 bits per heavy atom. The van der Waals surface area contributed by atoms with Crippen LogP contribution in [0.4, 0.5) is 13.2 Å². The smallest absolute Gasteiger partial charge is 0.319 e. The van der Waals surface area contributed by atoms with Gasteiger partial charge in [0.15, 0.2) is 0 Å². The maximum absolute atomic E-state index is 12.5. The van der Waals surface area contributed by atoms with E-state index in [2.05, 4.69) is 25.0 Å². The summed E-state index contributed by atoms with van der Waals surface area (Å²) in [7, 11) is -1.13. The molecule has 1 N–H and O–H groups in total. The van der Waals surface area contributed by atoms with Crippen molar-refractivity contribution in [1.82, 2.24) is 5.32 Å². The van der Waals surface area contributed by atoms with Gasteiger partial charge in [-0.3, -0.25) is 0 Å². The average molecular weight is 275 g/mol.